The molecule has 0 bridgehead atoms. The second-order valence-corrected chi connectivity index (χ2v) is 6.63. The molecule has 2 amide bonds. The van der Waals surface area contributed by atoms with Crippen molar-refractivity contribution in [2.24, 2.45) is 11.7 Å². The van der Waals surface area contributed by atoms with Gasteiger partial charge < -0.3 is 16.0 Å². The summed E-state index contributed by atoms with van der Waals surface area (Å²) in [5.41, 5.74) is 8.06. The number of carbonyl (C=O) groups excluding carboxylic acids is 2. The van der Waals surface area contributed by atoms with Crippen molar-refractivity contribution >= 4 is 22.8 Å². The zero-order valence-electron chi connectivity index (χ0n) is 14.1. The van der Waals surface area contributed by atoms with Gasteiger partial charge in [0.25, 0.3) is 5.91 Å². The number of nitrogens with two attached hydrogens (primary N) is 1. The number of nitrogens with one attached hydrogen (secondary N) is 2. The molecule has 0 saturated heterocycles. The van der Waals surface area contributed by atoms with Crippen LogP contribution in [0.3, 0.4) is 0 Å². The fourth-order valence-corrected chi connectivity index (χ4v) is 3.03. The predicted molar refractivity (Wildman–Crippen MR) is 104 cm³/mol. The molecule has 1 atom stereocenters. The number of carbonyl (C=O) groups is 2. The Balaban J connectivity index is 0.00000210. The first-order valence-electron chi connectivity index (χ1n) is 8.61. The van der Waals surface area contributed by atoms with Crippen molar-refractivity contribution in [3.63, 3.8) is 0 Å². The van der Waals surface area contributed by atoms with Gasteiger partial charge >= 0.3 is 0 Å². The Labute approximate surface area is 157 Å². The number of fused-ring (bicyclic) bond motifs is 1. The SMILES string of the molecule is C.NC(=O)[C@H](CC1CC1)NC(=O)c1cccc2[nH]c(-c3ccncc3)nc12. The van der Waals surface area contributed by atoms with Gasteiger partial charge in [0.15, 0.2) is 0 Å². The van der Waals surface area contributed by atoms with Crippen LogP contribution in [0.2, 0.25) is 0 Å². The molecule has 2 aromatic heterocycles. The van der Waals surface area contributed by atoms with E-state index in [4.69, 9.17) is 5.73 Å². The lowest BCUT2D eigenvalue weighted by Crippen LogP contribution is -2.44. The number of benzene rings is 1. The molecule has 0 spiro atoms. The van der Waals surface area contributed by atoms with Gasteiger partial charge in [0, 0.05) is 18.0 Å². The van der Waals surface area contributed by atoms with E-state index < -0.39 is 11.9 Å². The van der Waals surface area contributed by atoms with Crippen LogP contribution in [0.1, 0.15) is 37.0 Å². The molecule has 7 nitrogen and oxygen atoms in total. The molecule has 1 aromatic carbocycles. The second kappa shape index (κ2) is 7.57. The molecule has 1 saturated carbocycles. The molecule has 1 aliphatic carbocycles. The van der Waals surface area contributed by atoms with E-state index in [0.29, 0.717) is 29.2 Å². The molecular formula is C20H23N5O2. The number of hydrogen-bond acceptors (Lipinski definition) is 4. The van der Waals surface area contributed by atoms with E-state index in [1.54, 1.807) is 24.5 Å². The van der Waals surface area contributed by atoms with Crippen molar-refractivity contribution in [2.45, 2.75) is 32.7 Å². The Morgan fingerprint density at radius 3 is 2.63 bits per heavy atom. The Hall–Kier alpha value is -3.22. The van der Waals surface area contributed by atoms with E-state index in [-0.39, 0.29) is 13.3 Å². The minimum atomic E-state index is -0.649. The normalized spacial score (nSPS) is 14.4. The van der Waals surface area contributed by atoms with Crippen molar-refractivity contribution in [3.8, 4) is 11.4 Å². The number of primary amides is 1. The van der Waals surface area contributed by atoms with Gasteiger partial charge in [-0.15, -0.1) is 0 Å². The summed E-state index contributed by atoms with van der Waals surface area (Å²) < 4.78 is 0. The monoisotopic (exact) mass is 365 g/mol. The topological polar surface area (TPSA) is 114 Å². The van der Waals surface area contributed by atoms with Crippen molar-refractivity contribution in [3.05, 3.63) is 48.3 Å². The van der Waals surface area contributed by atoms with Crippen LogP contribution in [0.25, 0.3) is 22.4 Å². The van der Waals surface area contributed by atoms with Crippen LogP contribution < -0.4 is 11.1 Å². The molecule has 3 aromatic rings. The third-order valence-corrected chi connectivity index (χ3v) is 4.63. The van der Waals surface area contributed by atoms with Crippen LogP contribution in [0, 0.1) is 5.92 Å². The third-order valence-electron chi connectivity index (χ3n) is 4.63. The Kier molecular flexibility index (Phi) is 5.21. The molecular weight excluding hydrogens is 342 g/mol. The minimum Gasteiger partial charge on any atom is -0.368 e. The van der Waals surface area contributed by atoms with Crippen molar-refractivity contribution in [1.82, 2.24) is 20.3 Å². The summed E-state index contributed by atoms with van der Waals surface area (Å²) in [4.78, 5) is 36.2. The van der Waals surface area contributed by atoms with Crippen LogP contribution in [-0.4, -0.2) is 32.8 Å². The smallest absolute Gasteiger partial charge is 0.254 e. The fourth-order valence-electron chi connectivity index (χ4n) is 3.03. The number of amides is 2. The quantitative estimate of drug-likeness (QED) is 0.623. The number of para-hydroxylation sites is 1. The number of aromatic nitrogens is 3. The molecule has 2 heterocycles. The number of nitrogens with zero attached hydrogens (tertiary/aromatic N) is 2. The van der Waals surface area contributed by atoms with Gasteiger partial charge in [-0.1, -0.05) is 26.3 Å². The summed E-state index contributed by atoms with van der Waals surface area (Å²) >= 11 is 0. The third kappa shape index (κ3) is 3.97. The lowest BCUT2D eigenvalue weighted by molar-refractivity contribution is -0.120. The van der Waals surface area contributed by atoms with Crippen molar-refractivity contribution < 1.29 is 9.59 Å². The van der Waals surface area contributed by atoms with Crippen molar-refractivity contribution in [2.75, 3.05) is 0 Å². The van der Waals surface area contributed by atoms with Crippen LogP contribution in [0.15, 0.2) is 42.7 Å². The molecule has 1 aliphatic rings. The highest BCUT2D eigenvalue weighted by Crippen LogP contribution is 2.33. The standard InChI is InChI=1S/C19H19N5O2.CH4/c20-17(25)15(10-11-4-5-11)23-19(26)13-2-1-3-14-16(13)24-18(22-14)12-6-8-21-9-7-12;/h1-3,6-9,11,15H,4-5,10H2,(H2,20,25)(H,22,24)(H,23,26);1H4/t15-;/m0./s1. The van der Waals surface area contributed by atoms with Gasteiger partial charge in [0.05, 0.1) is 11.1 Å². The number of imidazole rings is 1. The lowest BCUT2D eigenvalue weighted by atomic mass is 10.1. The Morgan fingerprint density at radius 1 is 1.22 bits per heavy atom. The average Bonchev–Trinajstić information content (AvgIpc) is 3.36. The van der Waals surface area contributed by atoms with E-state index in [1.807, 2.05) is 18.2 Å². The van der Waals surface area contributed by atoms with Crippen LogP contribution in [0.4, 0.5) is 0 Å². The number of aromatic amines is 1. The average molecular weight is 365 g/mol. The van der Waals surface area contributed by atoms with E-state index in [2.05, 4.69) is 20.3 Å². The maximum atomic E-state index is 12.7. The summed E-state index contributed by atoms with van der Waals surface area (Å²) in [6.07, 6.45) is 6.14. The summed E-state index contributed by atoms with van der Waals surface area (Å²) in [6, 6.07) is 8.38. The van der Waals surface area contributed by atoms with E-state index >= 15 is 0 Å². The molecule has 0 aliphatic heterocycles. The lowest BCUT2D eigenvalue weighted by Gasteiger charge is -2.15. The Bertz CT molecular complexity index is 963. The number of H-pyrrole nitrogens is 1. The van der Waals surface area contributed by atoms with Gasteiger partial charge in [0.1, 0.15) is 17.4 Å². The van der Waals surface area contributed by atoms with Crippen LogP contribution in [0.5, 0.6) is 0 Å². The highest BCUT2D eigenvalue weighted by Gasteiger charge is 2.29. The first-order chi connectivity index (χ1) is 12.6. The Morgan fingerprint density at radius 2 is 1.96 bits per heavy atom. The van der Waals surface area contributed by atoms with Crippen LogP contribution in [-0.2, 0) is 4.79 Å². The molecule has 7 heteroatoms. The first-order valence-corrected chi connectivity index (χ1v) is 8.61. The van der Waals surface area contributed by atoms with Gasteiger partial charge in [0.2, 0.25) is 5.91 Å². The summed E-state index contributed by atoms with van der Waals surface area (Å²) in [5, 5.41) is 2.77. The molecule has 0 unspecified atom stereocenters. The number of rotatable bonds is 6. The summed E-state index contributed by atoms with van der Waals surface area (Å²) in [5.74, 6) is 0.295. The zero-order valence-corrected chi connectivity index (χ0v) is 14.1. The molecule has 0 radical (unpaired) electrons. The number of pyridine rings is 1. The maximum absolute atomic E-state index is 12.7. The van der Waals surface area contributed by atoms with Gasteiger partial charge in [-0.05, 0) is 36.6 Å². The van der Waals surface area contributed by atoms with Crippen molar-refractivity contribution in [1.29, 1.82) is 0 Å². The highest BCUT2D eigenvalue weighted by atomic mass is 16.2. The van der Waals surface area contributed by atoms with Crippen LogP contribution >= 0.6 is 0 Å². The summed E-state index contributed by atoms with van der Waals surface area (Å²) in [7, 11) is 0. The highest BCUT2D eigenvalue weighted by molar-refractivity contribution is 6.06. The van der Waals surface area contributed by atoms with E-state index in [1.165, 1.54) is 0 Å². The number of hydrogen-bond donors (Lipinski definition) is 3. The van der Waals surface area contributed by atoms with E-state index in [0.717, 1.165) is 23.9 Å². The van der Waals surface area contributed by atoms with Gasteiger partial charge in [-0.25, -0.2) is 4.98 Å². The molecule has 27 heavy (non-hydrogen) atoms. The molecule has 140 valence electrons. The maximum Gasteiger partial charge on any atom is 0.254 e. The largest absolute Gasteiger partial charge is 0.368 e. The zero-order chi connectivity index (χ0) is 18.1. The summed E-state index contributed by atoms with van der Waals surface area (Å²) in [6.45, 7) is 0. The second-order valence-electron chi connectivity index (χ2n) is 6.63. The van der Waals surface area contributed by atoms with Gasteiger partial charge in [-0.2, -0.15) is 0 Å². The predicted octanol–water partition coefficient (Wildman–Crippen LogP) is 2.64. The first kappa shape index (κ1) is 18.6. The minimum absolute atomic E-state index is 0. The molecule has 4 N–H and O–H groups in total. The van der Waals surface area contributed by atoms with Gasteiger partial charge in [-0.3, -0.25) is 14.6 Å². The molecule has 4 rings (SSSR count). The molecule has 1 fully saturated rings. The van der Waals surface area contributed by atoms with E-state index in [9.17, 15) is 9.59 Å². The fraction of sp³-hybridized carbons (Fsp3) is 0.300.